The van der Waals surface area contributed by atoms with Gasteiger partial charge in [-0.15, -0.1) is 0 Å². The molecule has 0 bridgehead atoms. The van der Waals surface area contributed by atoms with Gasteiger partial charge in [0, 0.05) is 17.1 Å². The molecule has 3 N–H and O–H groups in total. The summed E-state index contributed by atoms with van der Waals surface area (Å²) in [7, 11) is 1.57. The molecule has 0 amide bonds. The van der Waals surface area contributed by atoms with E-state index in [9.17, 15) is 9.90 Å². The number of carbonyl (C=O) groups excluding carboxylic acids is 1. The van der Waals surface area contributed by atoms with E-state index in [-0.39, 0.29) is 13.2 Å². The second-order valence-corrected chi connectivity index (χ2v) is 6.06. The number of benzene rings is 1. The van der Waals surface area contributed by atoms with Crippen LogP contribution in [0.25, 0.3) is 0 Å². The minimum Gasteiger partial charge on any atom is -0.496 e. The second kappa shape index (κ2) is 8.32. The highest BCUT2D eigenvalue weighted by Gasteiger charge is 2.29. The topological polar surface area (TPSA) is 79.8 Å². The monoisotopic (exact) mass is 370 g/mol. The molecule has 1 heterocycles. The lowest BCUT2D eigenvalue weighted by molar-refractivity contribution is -0.139. The second-order valence-electron chi connectivity index (χ2n) is 5.21. The van der Waals surface area contributed by atoms with Crippen LogP contribution in [0.4, 0.5) is 0 Å². The van der Waals surface area contributed by atoms with Crippen LogP contribution in [0.1, 0.15) is 12.5 Å². The summed E-state index contributed by atoms with van der Waals surface area (Å²) in [6.45, 7) is 1.62. The van der Waals surface area contributed by atoms with Crippen molar-refractivity contribution in [1.29, 1.82) is 0 Å². The molecule has 1 atom stereocenters. The number of rotatable bonds is 6. The Morgan fingerprint density at radius 2 is 2.21 bits per heavy atom. The highest BCUT2D eigenvalue weighted by molar-refractivity contribution is 7.80. The maximum atomic E-state index is 12.3. The number of esters is 1. The van der Waals surface area contributed by atoms with Crippen LogP contribution < -0.4 is 15.4 Å². The van der Waals surface area contributed by atoms with Gasteiger partial charge in [-0.1, -0.05) is 11.6 Å². The number of allylic oxidation sites excluding steroid dienone is 1. The first-order valence-corrected chi connectivity index (χ1v) is 8.13. The molecule has 0 saturated heterocycles. The quantitative estimate of drug-likeness (QED) is 0.518. The van der Waals surface area contributed by atoms with Crippen molar-refractivity contribution >= 4 is 34.9 Å². The number of thiocarbonyl (C=S) groups is 1. The molecule has 8 heteroatoms. The maximum Gasteiger partial charge on any atom is 0.337 e. The van der Waals surface area contributed by atoms with Crippen LogP contribution in [0.5, 0.6) is 5.75 Å². The number of nitrogens with one attached hydrogen (secondary N) is 2. The number of halogens is 1. The summed E-state index contributed by atoms with van der Waals surface area (Å²) < 4.78 is 10.6. The van der Waals surface area contributed by atoms with Crippen molar-refractivity contribution in [3.8, 4) is 5.75 Å². The lowest BCUT2D eigenvalue weighted by Gasteiger charge is -2.28. The SMILES string of the molecule is COc1ccc(Cl)cc1CCOC(=O)C1=C(C)NC(=S)NC1CO. The van der Waals surface area contributed by atoms with Gasteiger partial charge < -0.3 is 25.2 Å². The standard InChI is InChI=1S/C16H19ClN2O4S/c1-9-14(12(8-20)19-16(24)18-9)15(21)23-6-5-10-7-11(17)3-4-13(10)22-2/h3-4,7,12,20H,5-6,8H2,1-2H3,(H2,18,19,24). The van der Waals surface area contributed by atoms with Crippen molar-refractivity contribution in [3.05, 3.63) is 40.1 Å². The third-order valence-electron chi connectivity index (χ3n) is 3.61. The van der Waals surface area contributed by atoms with E-state index in [0.29, 0.717) is 33.6 Å². The van der Waals surface area contributed by atoms with Gasteiger partial charge >= 0.3 is 5.97 Å². The van der Waals surface area contributed by atoms with Crippen molar-refractivity contribution in [2.75, 3.05) is 20.3 Å². The van der Waals surface area contributed by atoms with Crippen molar-refractivity contribution in [2.24, 2.45) is 0 Å². The Kier molecular flexibility index (Phi) is 6.42. The average Bonchev–Trinajstić information content (AvgIpc) is 2.54. The van der Waals surface area contributed by atoms with Crippen molar-refractivity contribution in [1.82, 2.24) is 10.6 Å². The molecule has 0 radical (unpaired) electrons. The number of methoxy groups -OCH3 is 1. The number of hydrogen-bond donors (Lipinski definition) is 3. The third-order valence-corrected chi connectivity index (χ3v) is 4.06. The molecular formula is C16H19ClN2O4S. The van der Waals surface area contributed by atoms with Crippen LogP contribution >= 0.6 is 23.8 Å². The summed E-state index contributed by atoms with van der Waals surface area (Å²) in [6, 6.07) is 4.70. The Morgan fingerprint density at radius 3 is 2.88 bits per heavy atom. The van der Waals surface area contributed by atoms with Gasteiger partial charge in [0.05, 0.1) is 31.9 Å². The fraction of sp³-hybridized carbons (Fsp3) is 0.375. The molecule has 0 aliphatic carbocycles. The Morgan fingerprint density at radius 1 is 1.46 bits per heavy atom. The lowest BCUT2D eigenvalue weighted by Crippen LogP contribution is -2.51. The Labute approximate surface area is 150 Å². The van der Waals surface area contributed by atoms with Crippen LogP contribution in [0, 0.1) is 0 Å². The summed E-state index contributed by atoms with van der Waals surface area (Å²) in [5, 5.41) is 16.1. The first-order valence-electron chi connectivity index (χ1n) is 7.35. The molecule has 0 spiro atoms. The molecule has 0 saturated carbocycles. The van der Waals surface area contributed by atoms with Gasteiger partial charge in [-0.3, -0.25) is 0 Å². The van der Waals surface area contributed by atoms with Crippen LogP contribution in [-0.4, -0.2) is 42.6 Å². The molecule has 1 aliphatic heterocycles. The molecule has 130 valence electrons. The van der Waals surface area contributed by atoms with Crippen LogP contribution in [0.15, 0.2) is 29.5 Å². The number of aliphatic hydroxyl groups is 1. The first kappa shape index (κ1) is 18.5. The molecule has 0 aromatic heterocycles. The minimum atomic E-state index is -0.577. The predicted octanol–water partition coefficient (Wildman–Crippen LogP) is 1.55. The fourth-order valence-electron chi connectivity index (χ4n) is 2.47. The van der Waals surface area contributed by atoms with Crippen molar-refractivity contribution in [2.45, 2.75) is 19.4 Å². The zero-order valence-corrected chi connectivity index (χ0v) is 15.0. The number of aliphatic hydroxyl groups excluding tert-OH is 1. The van der Waals surface area contributed by atoms with Gasteiger partial charge in [-0.25, -0.2) is 4.79 Å². The minimum absolute atomic E-state index is 0.162. The zero-order valence-electron chi connectivity index (χ0n) is 13.4. The maximum absolute atomic E-state index is 12.3. The molecule has 1 aliphatic rings. The third kappa shape index (κ3) is 4.37. The van der Waals surface area contributed by atoms with Gasteiger partial charge in [-0.2, -0.15) is 0 Å². The Hall–Kier alpha value is -1.83. The number of ether oxygens (including phenoxy) is 2. The summed E-state index contributed by atoms with van der Waals surface area (Å²) in [5.74, 6) is 0.181. The Bertz CT molecular complexity index is 678. The highest BCUT2D eigenvalue weighted by atomic mass is 35.5. The highest BCUT2D eigenvalue weighted by Crippen LogP contribution is 2.23. The van der Waals surface area contributed by atoms with E-state index >= 15 is 0 Å². The predicted molar refractivity (Wildman–Crippen MR) is 95.1 cm³/mol. The van der Waals surface area contributed by atoms with E-state index in [1.54, 1.807) is 32.2 Å². The summed E-state index contributed by atoms with van der Waals surface area (Å²) in [4.78, 5) is 12.3. The molecular weight excluding hydrogens is 352 g/mol. The smallest absolute Gasteiger partial charge is 0.337 e. The van der Waals surface area contributed by atoms with E-state index in [1.807, 2.05) is 0 Å². The van der Waals surface area contributed by atoms with E-state index in [2.05, 4.69) is 10.6 Å². The van der Waals surface area contributed by atoms with Crippen molar-refractivity contribution in [3.63, 3.8) is 0 Å². The van der Waals surface area contributed by atoms with E-state index in [0.717, 1.165) is 5.56 Å². The van der Waals surface area contributed by atoms with Gasteiger partial charge in [0.15, 0.2) is 5.11 Å². The molecule has 1 aromatic carbocycles. The molecule has 1 unspecified atom stereocenters. The first-order chi connectivity index (χ1) is 11.5. The zero-order chi connectivity index (χ0) is 17.7. The molecule has 24 heavy (non-hydrogen) atoms. The Balaban J connectivity index is 2.02. The van der Waals surface area contributed by atoms with Gasteiger partial charge in [0.1, 0.15) is 5.75 Å². The molecule has 2 rings (SSSR count). The largest absolute Gasteiger partial charge is 0.496 e. The average molecular weight is 371 g/mol. The van der Waals surface area contributed by atoms with E-state index in [1.165, 1.54) is 0 Å². The molecule has 1 aromatic rings. The lowest BCUT2D eigenvalue weighted by atomic mass is 10.0. The van der Waals surface area contributed by atoms with Gasteiger partial charge in [0.2, 0.25) is 0 Å². The van der Waals surface area contributed by atoms with Crippen LogP contribution in [0.3, 0.4) is 0 Å². The number of carbonyl (C=O) groups is 1. The van der Waals surface area contributed by atoms with Crippen molar-refractivity contribution < 1.29 is 19.4 Å². The summed E-state index contributed by atoms with van der Waals surface area (Å²) >= 11 is 11.0. The van der Waals surface area contributed by atoms with Crippen LogP contribution in [-0.2, 0) is 16.0 Å². The van der Waals surface area contributed by atoms with Gasteiger partial charge in [-0.05, 0) is 42.9 Å². The van der Waals surface area contributed by atoms with E-state index < -0.39 is 12.0 Å². The number of hydrogen-bond acceptors (Lipinski definition) is 5. The van der Waals surface area contributed by atoms with E-state index in [4.69, 9.17) is 33.3 Å². The van der Waals surface area contributed by atoms with Crippen LogP contribution in [0.2, 0.25) is 5.02 Å². The normalized spacial score (nSPS) is 17.2. The molecule has 6 nitrogen and oxygen atoms in total. The van der Waals surface area contributed by atoms with Gasteiger partial charge in [0.25, 0.3) is 0 Å². The summed E-state index contributed by atoms with van der Waals surface area (Å²) in [5.41, 5.74) is 1.76. The fourth-order valence-corrected chi connectivity index (χ4v) is 2.96. The summed E-state index contributed by atoms with van der Waals surface area (Å²) in [6.07, 6.45) is 0.463. The molecule has 0 fully saturated rings.